The number of halogens is 1. The smallest absolute Gasteiger partial charge is 0.180 e. The first-order valence-corrected chi connectivity index (χ1v) is 4.75. The van der Waals surface area contributed by atoms with Crippen LogP contribution >= 0.6 is 12.4 Å². The average Bonchev–Trinajstić information content (AvgIpc) is 2.23. The van der Waals surface area contributed by atoms with E-state index in [-0.39, 0.29) is 18.2 Å². The van der Waals surface area contributed by atoms with Crippen molar-refractivity contribution in [3.05, 3.63) is 12.0 Å². The molecule has 0 aromatic carbocycles. The fourth-order valence-corrected chi connectivity index (χ4v) is 1.56. The summed E-state index contributed by atoms with van der Waals surface area (Å²) in [5.74, 6) is 0.855. The predicted molar refractivity (Wildman–Crippen MR) is 60.8 cm³/mol. The number of aromatic nitrogens is 2. The third-order valence-corrected chi connectivity index (χ3v) is 2.40. The lowest BCUT2D eigenvalue weighted by Gasteiger charge is -2.28. The van der Waals surface area contributed by atoms with Crippen LogP contribution < -0.4 is 10.2 Å². The summed E-state index contributed by atoms with van der Waals surface area (Å²) in [5, 5.41) is 13.0. The van der Waals surface area contributed by atoms with Crippen molar-refractivity contribution in [2.24, 2.45) is 0 Å². The summed E-state index contributed by atoms with van der Waals surface area (Å²) in [7, 11) is 0. The van der Waals surface area contributed by atoms with Crippen LogP contribution in [0.25, 0.3) is 0 Å². The van der Waals surface area contributed by atoms with E-state index in [1.165, 1.54) is 6.33 Å². The number of aromatic hydroxyl groups is 1. The highest BCUT2D eigenvalue weighted by molar-refractivity contribution is 5.85. The Kier molecular flexibility index (Phi) is 4.11. The van der Waals surface area contributed by atoms with Gasteiger partial charge in [0.05, 0.1) is 5.69 Å². The molecule has 0 radical (unpaired) electrons. The van der Waals surface area contributed by atoms with Crippen molar-refractivity contribution in [3.63, 3.8) is 0 Å². The fourth-order valence-electron chi connectivity index (χ4n) is 1.56. The lowest BCUT2D eigenvalue weighted by Crippen LogP contribution is -2.44. The van der Waals surface area contributed by atoms with E-state index in [1.54, 1.807) is 6.92 Å². The second kappa shape index (κ2) is 5.14. The number of hydrogen-bond acceptors (Lipinski definition) is 5. The molecule has 0 bridgehead atoms. The Morgan fingerprint density at radius 3 is 2.67 bits per heavy atom. The van der Waals surface area contributed by atoms with Gasteiger partial charge >= 0.3 is 0 Å². The van der Waals surface area contributed by atoms with Gasteiger partial charge in [0.25, 0.3) is 0 Å². The quantitative estimate of drug-likeness (QED) is 0.728. The van der Waals surface area contributed by atoms with E-state index in [0.717, 1.165) is 26.2 Å². The van der Waals surface area contributed by atoms with Gasteiger partial charge in [0.1, 0.15) is 6.33 Å². The highest BCUT2D eigenvalue weighted by Crippen LogP contribution is 2.25. The molecular weight excluding hydrogens is 216 g/mol. The summed E-state index contributed by atoms with van der Waals surface area (Å²) in [6.07, 6.45) is 1.49. The van der Waals surface area contributed by atoms with Crippen molar-refractivity contribution >= 4 is 18.2 Å². The number of nitrogens with one attached hydrogen (secondary N) is 1. The molecule has 6 heteroatoms. The molecule has 1 aliphatic rings. The molecule has 0 amide bonds. The molecule has 0 atom stereocenters. The minimum absolute atomic E-state index is 0. The first-order valence-electron chi connectivity index (χ1n) is 4.75. The number of rotatable bonds is 1. The zero-order chi connectivity index (χ0) is 9.97. The van der Waals surface area contributed by atoms with Crippen molar-refractivity contribution < 1.29 is 5.11 Å². The number of anilines is 1. The maximum Gasteiger partial charge on any atom is 0.180 e. The van der Waals surface area contributed by atoms with Crippen LogP contribution in [-0.4, -0.2) is 41.3 Å². The third kappa shape index (κ3) is 2.49. The first-order chi connectivity index (χ1) is 6.79. The summed E-state index contributed by atoms with van der Waals surface area (Å²) >= 11 is 0. The van der Waals surface area contributed by atoms with E-state index >= 15 is 0 Å². The average molecular weight is 231 g/mol. The Hall–Kier alpha value is -1.07. The molecule has 0 saturated carbocycles. The fraction of sp³-hybridized carbons (Fsp3) is 0.556. The zero-order valence-electron chi connectivity index (χ0n) is 8.60. The molecule has 0 spiro atoms. The zero-order valence-corrected chi connectivity index (χ0v) is 9.42. The van der Waals surface area contributed by atoms with Gasteiger partial charge in [-0.2, -0.15) is 0 Å². The standard InChI is InChI=1S/C9H14N4O.ClH/c1-7-8(14)9(12-6-11-7)13-4-2-10-3-5-13;/h6,10,14H,2-5H2,1H3;1H. The Bertz CT molecular complexity index is 328. The topological polar surface area (TPSA) is 61.3 Å². The number of piperazine rings is 1. The van der Waals surface area contributed by atoms with Gasteiger partial charge in [0.15, 0.2) is 11.6 Å². The Labute approximate surface area is 94.9 Å². The van der Waals surface area contributed by atoms with Crippen LogP contribution in [0.4, 0.5) is 5.82 Å². The molecule has 1 saturated heterocycles. The SMILES string of the molecule is Cc1ncnc(N2CCNCC2)c1O.Cl. The molecule has 84 valence electrons. The van der Waals surface area contributed by atoms with Crippen LogP contribution in [-0.2, 0) is 0 Å². The Morgan fingerprint density at radius 1 is 1.33 bits per heavy atom. The van der Waals surface area contributed by atoms with Crippen molar-refractivity contribution in [2.45, 2.75) is 6.92 Å². The van der Waals surface area contributed by atoms with Gasteiger partial charge in [-0.3, -0.25) is 0 Å². The summed E-state index contributed by atoms with van der Waals surface area (Å²) in [5.41, 5.74) is 0.633. The molecule has 5 nitrogen and oxygen atoms in total. The summed E-state index contributed by atoms with van der Waals surface area (Å²) in [4.78, 5) is 10.1. The van der Waals surface area contributed by atoms with Gasteiger partial charge in [-0.1, -0.05) is 0 Å². The van der Waals surface area contributed by atoms with Gasteiger partial charge in [-0.15, -0.1) is 12.4 Å². The highest BCUT2D eigenvalue weighted by atomic mass is 35.5. The number of nitrogens with zero attached hydrogens (tertiary/aromatic N) is 3. The van der Waals surface area contributed by atoms with E-state index in [2.05, 4.69) is 20.2 Å². The van der Waals surface area contributed by atoms with E-state index in [4.69, 9.17) is 0 Å². The van der Waals surface area contributed by atoms with Gasteiger partial charge in [-0.25, -0.2) is 9.97 Å². The van der Waals surface area contributed by atoms with Crippen molar-refractivity contribution in [1.29, 1.82) is 0 Å². The minimum Gasteiger partial charge on any atom is -0.503 e. The van der Waals surface area contributed by atoms with Crippen molar-refractivity contribution in [1.82, 2.24) is 15.3 Å². The highest BCUT2D eigenvalue weighted by Gasteiger charge is 2.16. The van der Waals surface area contributed by atoms with Crippen LogP contribution in [0.5, 0.6) is 5.75 Å². The largest absolute Gasteiger partial charge is 0.503 e. The molecule has 1 aromatic rings. The number of aryl methyl sites for hydroxylation is 1. The lowest BCUT2D eigenvalue weighted by molar-refractivity contribution is 0.459. The monoisotopic (exact) mass is 230 g/mol. The van der Waals surface area contributed by atoms with E-state index in [0.29, 0.717) is 11.5 Å². The maximum atomic E-state index is 9.76. The maximum absolute atomic E-state index is 9.76. The molecule has 0 unspecified atom stereocenters. The predicted octanol–water partition coefficient (Wildman–Crippen LogP) is 0.322. The van der Waals surface area contributed by atoms with E-state index in [1.807, 2.05) is 0 Å². The molecule has 2 N–H and O–H groups in total. The number of hydrogen-bond donors (Lipinski definition) is 2. The van der Waals surface area contributed by atoms with Gasteiger partial charge < -0.3 is 15.3 Å². The second-order valence-corrected chi connectivity index (χ2v) is 3.37. The summed E-state index contributed by atoms with van der Waals surface area (Å²) < 4.78 is 0. The molecular formula is C9H15ClN4O. The summed E-state index contributed by atoms with van der Waals surface area (Å²) in [6, 6.07) is 0. The van der Waals surface area contributed by atoms with Crippen LogP contribution in [0, 0.1) is 6.92 Å². The van der Waals surface area contributed by atoms with Crippen LogP contribution in [0.2, 0.25) is 0 Å². The molecule has 1 fully saturated rings. The molecule has 15 heavy (non-hydrogen) atoms. The first kappa shape index (κ1) is 12.0. The van der Waals surface area contributed by atoms with Crippen LogP contribution in [0.3, 0.4) is 0 Å². The minimum atomic E-state index is 0. The summed E-state index contributed by atoms with van der Waals surface area (Å²) in [6.45, 7) is 5.40. The Balaban J connectivity index is 0.00000112. The van der Waals surface area contributed by atoms with E-state index in [9.17, 15) is 5.11 Å². The van der Waals surface area contributed by atoms with Gasteiger partial charge in [0.2, 0.25) is 0 Å². The molecule has 2 heterocycles. The molecule has 0 aliphatic carbocycles. The molecule has 1 aromatic heterocycles. The third-order valence-electron chi connectivity index (χ3n) is 2.40. The molecule has 2 rings (SSSR count). The van der Waals surface area contributed by atoms with Gasteiger partial charge in [-0.05, 0) is 6.92 Å². The normalized spacial score (nSPS) is 15.9. The van der Waals surface area contributed by atoms with Crippen molar-refractivity contribution in [3.8, 4) is 5.75 Å². The van der Waals surface area contributed by atoms with Gasteiger partial charge in [0, 0.05) is 26.2 Å². The van der Waals surface area contributed by atoms with E-state index < -0.39 is 0 Å². The molecule has 1 aliphatic heterocycles. The van der Waals surface area contributed by atoms with Crippen molar-refractivity contribution in [2.75, 3.05) is 31.1 Å². The Morgan fingerprint density at radius 2 is 2.00 bits per heavy atom. The second-order valence-electron chi connectivity index (χ2n) is 3.37. The lowest BCUT2D eigenvalue weighted by atomic mass is 10.3. The van der Waals surface area contributed by atoms with Crippen LogP contribution in [0.15, 0.2) is 6.33 Å². The van der Waals surface area contributed by atoms with Crippen LogP contribution in [0.1, 0.15) is 5.69 Å².